The number of hydrogen-bond acceptors (Lipinski definition) is 5. The first-order chi connectivity index (χ1) is 8.92. The van der Waals surface area contributed by atoms with E-state index in [4.69, 9.17) is 9.84 Å². The van der Waals surface area contributed by atoms with Crippen molar-refractivity contribution in [3.63, 3.8) is 0 Å². The number of thioether (sulfide) groups is 1. The van der Waals surface area contributed by atoms with Crippen LogP contribution in [0.2, 0.25) is 0 Å². The molecule has 1 rings (SSSR count). The summed E-state index contributed by atoms with van der Waals surface area (Å²) in [5.74, 6) is -0.483. The SMILES string of the molecule is COc1cc(C(=O)O)ccc1S(=O)(=O)NCCSC. The highest BCUT2D eigenvalue weighted by Gasteiger charge is 2.20. The topological polar surface area (TPSA) is 92.7 Å². The van der Waals surface area contributed by atoms with Crippen molar-refractivity contribution in [2.75, 3.05) is 25.7 Å². The Bertz CT molecular complexity index is 556. The Labute approximate surface area is 116 Å². The predicted molar refractivity (Wildman–Crippen MR) is 73.5 cm³/mol. The van der Waals surface area contributed by atoms with Crippen LogP contribution in [0.25, 0.3) is 0 Å². The van der Waals surface area contributed by atoms with Gasteiger partial charge in [0, 0.05) is 12.3 Å². The Morgan fingerprint density at radius 2 is 2.16 bits per heavy atom. The van der Waals surface area contributed by atoms with Gasteiger partial charge >= 0.3 is 5.97 Å². The number of aromatic carboxylic acids is 1. The Hall–Kier alpha value is -1.25. The first-order valence-electron chi connectivity index (χ1n) is 5.32. The van der Waals surface area contributed by atoms with Crippen molar-refractivity contribution in [2.24, 2.45) is 0 Å². The van der Waals surface area contributed by atoms with Gasteiger partial charge < -0.3 is 9.84 Å². The number of nitrogens with one attached hydrogen (secondary N) is 1. The van der Waals surface area contributed by atoms with Crippen LogP contribution in [0.4, 0.5) is 0 Å². The zero-order valence-corrected chi connectivity index (χ0v) is 12.2. The second-order valence-corrected chi connectivity index (χ2v) is 6.28. The highest BCUT2D eigenvalue weighted by Crippen LogP contribution is 2.24. The number of benzene rings is 1. The number of ether oxygens (including phenoxy) is 1. The van der Waals surface area contributed by atoms with Crippen LogP contribution in [0.1, 0.15) is 10.4 Å². The molecule has 0 saturated heterocycles. The van der Waals surface area contributed by atoms with Gasteiger partial charge in [-0.15, -0.1) is 0 Å². The Morgan fingerprint density at radius 3 is 2.68 bits per heavy atom. The van der Waals surface area contributed by atoms with Crippen LogP contribution in [-0.4, -0.2) is 45.2 Å². The first-order valence-corrected chi connectivity index (χ1v) is 8.20. The number of carboxylic acid groups (broad SMARTS) is 1. The summed E-state index contributed by atoms with van der Waals surface area (Å²) in [5.41, 5.74) is -0.0279. The van der Waals surface area contributed by atoms with E-state index in [1.165, 1.54) is 37.1 Å². The van der Waals surface area contributed by atoms with Crippen LogP contribution in [0, 0.1) is 0 Å². The fraction of sp³-hybridized carbons (Fsp3) is 0.364. The summed E-state index contributed by atoms with van der Waals surface area (Å²) in [5, 5.41) is 8.85. The lowest BCUT2D eigenvalue weighted by molar-refractivity contribution is 0.0696. The van der Waals surface area contributed by atoms with Crippen molar-refractivity contribution in [2.45, 2.75) is 4.90 Å². The molecule has 1 aromatic rings. The van der Waals surface area contributed by atoms with Gasteiger partial charge in [-0.1, -0.05) is 0 Å². The quantitative estimate of drug-likeness (QED) is 0.731. The Balaban J connectivity index is 3.09. The highest BCUT2D eigenvalue weighted by atomic mass is 32.2. The minimum absolute atomic E-state index is 0.0107. The number of hydrogen-bond donors (Lipinski definition) is 2. The van der Waals surface area contributed by atoms with Gasteiger partial charge in [0.1, 0.15) is 10.6 Å². The van der Waals surface area contributed by atoms with E-state index in [1.54, 1.807) is 0 Å². The molecule has 0 radical (unpaired) electrons. The maximum absolute atomic E-state index is 12.0. The molecule has 0 fully saturated rings. The fourth-order valence-corrected chi connectivity index (χ4v) is 2.99. The summed E-state index contributed by atoms with van der Waals surface area (Å²) in [6, 6.07) is 3.64. The zero-order valence-electron chi connectivity index (χ0n) is 10.5. The molecule has 0 aliphatic heterocycles. The fourth-order valence-electron chi connectivity index (χ4n) is 1.38. The lowest BCUT2D eigenvalue weighted by Gasteiger charge is -2.11. The molecule has 0 atom stereocenters. The summed E-state index contributed by atoms with van der Waals surface area (Å²) < 4.78 is 31.4. The van der Waals surface area contributed by atoms with E-state index in [0.717, 1.165) is 0 Å². The third-order valence-corrected chi connectivity index (χ3v) is 4.41. The molecule has 0 aliphatic carbocycles. The van der Waals surface area contributed by atoms with E-state index < -0.39 is 16.0 Å². The third kappa shape index (κ3) is 4.12. The standard InChI is InChI=1S/C11H15NO5S2/c1-17-9-7-8(11(13)14)3-4-10(9)19(15,16)12-5-6-18-2/h3-4,7,12H,5-6H2,1-2H3,(H,13,14). The summed E-state index contributed by atoms with van der Waals surface area (Å²) in [4.78, 5) is 10.7. The minimum Gasteiger partial charge on any atom is -0.495 e. The normalized spacial score (nSPS) is 11.3. The maximum Gasteiger partial charge on any atom is 0.335 e. The Kier molecular flexibility index (Phi) is 5.64. The number of rotatable bonds is 7. The number of methoxy groups -OCH3 is 1. The smallest absolute Gasteiger partial charge is 0.335 e. The number of carbonyl (C=O) groups is 1. The average Bonchev–Trinajstić information content (AvgIpc) is 2.38. The molecule has 2 N–H and O–H groups in total. The molecule has 8 heteroatoms. The highest BCUT2D eigenvalue weighted by molar-refractivity contribution is 7.98. The molecule has 0 amide bonds. The van der Waals surface area contributed by atoms with Crippen LogP contribution in [0.5, 0.6) is 5.75 Å². The molecule has 1 aromatic carbocycles. The van der Waals surface area contributed by atoms with E-state index in [-0.39, 0.29) is 16.2 Å². The van der Waals surface area contributed by atoms with E-state index in [2.05, 4.69) is 4.72 Å². The molecule has 19 heavy (non-hydrogen) atoms. The molecule has 0 aromatic heterocycles. The molecular weight excluding hydrogens is 290 g/mol. The van der Waals surface area contributed by atoms with Gasteiger partial charge in [0.2, 0.25) is 10.0 Å². The first kappa shape index (κ1) is 15.8. The van der Waals surface area contributed by atoms with Crippen molar-refractivity contribution in [3.8, 4) is 5.75 Å². The molecule has 0 spiro atoms. The molecule has 6 nitrogen and oxygen atoms in total. The monoisotopic (exact) mass is 305 g/mol. The second-order valence-electron chi connectivity index (χ2n) is 3.56. The summed E-state index contributed by atoms with van der Waals surface area (Å²) >= 11 is 1.52. The van der Waals surface area contributed by atoms with Crippen molar-refractivity contribution in [3.05, 3.63) is 23.8 Å². The number of carboxylic acids is 1. The minimum atomic E-state index is -3.70. The van der Waals surface area contributed by atoms with Crippen LogP contribution in [-0.2, 0) is 10.0 Å². The van der Waals surface area contributed by atoms with Crippen LogP contribution in [0.15, 0.2) is 23.1 Å². The lowest BCUT2D eigenvalue weighted by Crippen LogP contribution is -2.26. The largest absolute Gasteiger partial charge is 0.495 e. The van der Waals surface area contributed by atoms with Gasteiger partial charge in [-0.05, 0) is 24.5 Å². The van der Waals surface area contributed by atoms with Gasteiger partial charge in [-0.3, -0.25) is 0 Å². The van der Waals surface area contributed by atoms with Crippen molar-refractivity contribution in [1.82, 2.24) is 4.72 Å². The van der Waals surface area contributed by atoms with Gasteiger partial charge in [0.25, 0.3) is 0 Å². The molecule has 0 aliphatic rings. The van der Waals surface area contributed by atoms with Crippen molar-refractivity contribution in [1.29, 1.82) is 0 Å². The van der Waals surface area contributed by atoms with Crippen LogP contribution < -0.4 is 9.46 Å². The summed E-state index contributed by atoms with van der Waals surface area (Å²) in [7, 11) is -2.41. The third-order valence-electron chi connectivity index (χ3n) is 2.30. The van der Waals surface area contributed by atoms with Crippen molar-refractivity contribution < 1.29 is 23.1 Å². The van der Waals surface area contributed by atoms with E-state index in [0.29, 0.717) is 12.3 Å². The zero-order chi connectivity index (χ0) is 14.5. The van der Waals surface area contributed by atoms with Gasteiger partial charge in [0.05, 0.1) is 12.7 Å². The summed E-state index contributed by atoms with van der Waals surface area (Å²) in [6.45, 7) is 0.299. The van der Waals surface area contributed by atoms with E-state index in [9.17, 15) is 13.2 Å². The molecule has 0 saturated carbocycles. The van der Waals surface area contributed by atoms with E-state index in [1.807, 2.05) is 6.26 Å². The van der Waals surface area contributed by atoms with Crippen LogP contribution >= 0.6 is 11.8 Å². The van der Waals surface area contributed by atoms with Gasteiger partial charge in [-0.25, -0.2) is 17.9 Å². The predicted octanol–water partition coefficient (Wildman–Crippen LogP) is 1.03. The lowest BCUT2D eigenvalue weighted by atomic mass is 10.2. The van der Waals surface area contributed by atoms with Crippen LogP contribution in [0.3, 0.4) is 0 Å². The molecule has 0 heterocycles. The number of sulfonamides is 1. The van der Waals surface area contributed by atoms with E-state index >= 15 is 0 Å². The Morgan fingerprint density at radius 1 is 1.47 bits per heavy atom. The van der Waals surface area contributed by atoms with Crippen molar-refractivity contribution >= 4 is 27.8 Å². The second kappa shape index (κ2) is 6.78. The molecule has 0 bridgehead atoms. The van der Waals surface area contributed by atoms with Gasteiger partial charge in [0.15, 0.2) is 0 Å². The molecule has 106 valence electrons. The molecular formula is C11H15NO5S2. The average molecular weight is 305 g/mol. The summed E-state index contributed by atoms with van der Waals surface area (Å²) in [6.07, 6.45) is 1.87. The molecule has 0 unspecified atom stereocenters. The maximum atomic E-state index is 12.0. The van der Waals surface area contributed by atoms with Gasteiger partial charge in [-0.2, -0.15) is 11.8 Å².